The highest BCUT2D eigenvalue weighted by molar-refractivity contribution is 9.10. The Labute approximate surface area is 213 Å². The zero-order chi connectivity index (χ0) is 26.9. The van der Waals surface area contributed by atoms with Crippen LogP contribution < -0.4 is 11.2 Å². The van der Waals surface area contributed by atoms with Crippen LogP contribution in [0.2, 0.25) is 0 Å². The number of hydrogen-bond donors (Lipinski definition) is 1. The average molecular weight is 601 g/mol. The number of nitrogens with one attached hydrogen (secondary N) is 1. The predicted octanol–water partition coefficient (Wildman–Crippen LogP) is 2.95. The molecule has 15 nitrogen and oxygen atoms in total. The summed E-state index contributed by atoms with van der Waals surface area (Å²) >= 11 is 3.03. The van der Waals surface area contributed by atoms with Crippen LogP contribution in [-0.2, 0) is 41.8 Å². The molecule has 2 rings (SSSR count). The Bertz CT molecular complexity index is 1070. The molecule has 1 aromatic rings. The van der Waals surface area contributed by atoms with Crippen LogP contribution in [0.4, 0.5) is 9.59 Å². The molecule has 0 amide bonds. The Morgan fingerprint density at radius 2 is 1.58 bits per heavy atom. The molecule has 0 aliphatic carbocycles. The molecule has 0 bridgehead atoms. The van der Waals surface area contributed by atoms with Crippen LogP contribution >= 0.6 is 23.8 Å². The van der Waals surface area contributed by atoms with E-state index in [4.69, 9.17) is 27.8 Å². The quantitative estimate of drug-likeness (QED) is 0.160. The maximum absolute atomic E-state index is 13.0. The lowest BCUT2D eigenvalue weighted by Gasteiger charge is -2.20. The standard InChI is InChI=1S/C19H26BrN2O13P/c1-11(2)33-18(25)28-9-31-36(27,32-10-29-19(26)34-12(3)4)30-8-13-5-6-15(35-13)22-7-14(20)16(23)21-17(22)24/h5-7,11-13,15H,8-10H2,1-4H3,(H,21,23,24)/t13-,15+/m0/s1. The van der Waals surface area contributed by atoms with E-state index in [2.05, 4.69) is 30.4 Å². The molecule has 2 heterocycles. The maximum Gasteiger partial charge on any atom is 0.510 e. The number of hydrogen-bond acceptors (Lipinski definition) is 13. The van der Waals surface area contributed by atoms with Crippen molar-refractivity contribution in [3.8, 4) is 0 Å². The van der Waals surface area contributed by atoms with Crippen LogP contribution in [0, 0.1) is 0 Å². The molecule has 0 fully saturated rings. The number of ether oxygens (including phenoxy) is 5. The van der Waals surface area contributed by atoms with E-state index >= 15 is 0 Å². The van der Waals surface area contributed by atoms with Crippen molar-refractivity contribution in [2.75, 3.05) is 20.2 Å². The summed E-state index contributed by atoms with van der Waals surface area (Å²) in [4.78, 5) is 48.6. The van der Waals surface area contributed by atoms with Crippen LogP contribution in [0.5, 0.6) is 0 Å². The topological polar surface area (TPSA) is 180 Å². The van der Waals surface area contributed by atoms with Gasteiger partial charge in [0.25, 0.3) is 5.56 Å². The number of phosphoric ester groups is 1. The minimum Gasteiger partial charge on any atom is -0.432 e. The number of rotatable bonds is 12. The van der Waals surface area contributed by atoms with Crippen LogP contribution in [-0.4, -0.2) is 60.4 Å². The third-order valence-electron chi connectivity index (χ3n) is 3.84. The van der Waals surface area contributed by atoms with E-state index in [1.54, 1.807) is 27.7 Å². The molecule has 0 radical (unpaired) electrons. The van der Waals surface area contributed by atoms with Crippen molar-refractivity contribution in [1.29, 1.82) is 0 Å². The zero-order valence-electron chi connectivity index (χ0n) is 19.7. The maximum atomic E-state index is 13.0. The van der Waals surface area contributed by atoms with E-state index in [-0.39, 0.29) is 4.47 Å². The number of H-pyrrole nitrogens is 1. The summed E-state index contributed by atoms with van der Waals surface area (Å²) in [6.45, 7) is 4.22. The van der Waals surface area contributed by atoms with E-state index in [0.29, 0.717) is 0 Å². The van der Waals surface area contributed by atoms with Gasteiger partial charge < -0.3 is 23.7 Å². The normalized spacial score (nSPS) is 17.4. The summed E-state index contributed by atoms with van der Waals surface area (Å²) in [5.41, 5.74) is -1.32. The van der Waals surface area contributed by atoms with Gasteiger partial charge in [0.15, 0.2) is 6.23 Å². The lowest BCUT2D eigenvalue weighted by Crippen LogP contribution is -2.33. The SMILES string of the molecule is CC(C)OC(=O)OCOP(=O)(OCOC(=O)OC(C)C)OC[C@@H]1C=C[C@H](n2cc(Br)c(=O)[nH]c2=O)O1. The van der Waals surface area contributed by atoms with Gasteiger partial charge in [0.05, 0.1) is 23.3 Å². The van der Waals surface area contributed by atoms with Crippen molar-refractivity contribution in [3.05, 3.63) is 43.7 Å². The monoisotopic (exact) mass is 600 g/mol. The van der Waals surface area contributed by atoms with Crippen molar-refractivity contribution in [2.24, 2.45) is 0 Å². The molecular formula is C19H26BrN2O13P. The van der Waals surface area contributed by atoms with Crippen molar-refractivity contribution < 1.29 is 51.4 Å². The Hall–Kier alpha value is -2.49. The van der Waals surface area contributed by atoms with Gasteiger partial charge in [-0.2, -0.15) is 0 Å². The van der Waals surface area contributed by atoms with Crippen molar-refractivity contribution in [2.45, 2.75) is 52.2 Å². The van der Waals surface area contributed by atoms with Crippen molar-refractivity contribution in [1.82, 2.24) is 9.55 Å². The second-order valence-corrected chi connectivity index (χ2v) is 9.98. The van der Waals surface area contributed by atoms with Crippen LogP contribution in [0.25, 0.3) is 0 Å². The van der Waals surface area contributed by atoms with Gasteiger partial charge in [0, 0.05) is 6.20 Å². The second-order valence-electron chi connectivity index (χ2n) is 7.45. The van der Waals surface area contributed by atoms with Gasteiger partial charge in [-0.3, -0.25) is 18.9 Å². The van der Waals surface area contributed by atoms with Gasteiger partial charge in [-0.1, -0.05) is 6.08 Å². The highest BCUT2D eigenvalue weighted by Gasteiger charge is 2.32. The smallest absolute Gasteiger partial charge is 0.432 e. The lowest BCUT2D eigenvalue weighted by atomic mass is 10.4. The fourth-order valence-corrected chi connectivity index (χ4v) is 3.64. The van der Waals surface area contributed by atoms with Crippen molar-refractivity contribution in [3.63, 3.8) is 0 Å². The molecule has 1 aromatic heterocycles. The van der Waals surface area contributed by atoms with Gasteiger partial charge in [0.2, 0.25) is 13.6 Å². The lowest BCUT2D eigenvalue weighted by molar-refractivity contribution is -0.0555. The Kier molecular flexibility index (Phi) is 11.3. The Morgan fingerprint density at radius 3 is 2.11 bits per heavy atom. The molecule has 0 unspecified atom stereocenters. The highest BCUT2D eigenvalue weighted by atomic mass is 79.9. The third kappa shape index (κ3) is 9.87. The van der Waals surface area contributed by atoms with Gasteiger partial charge in [-0.05, 0) is 49.7 Å². The first kappa shape index (κ1) is 29.7. The van der Waals surface area contributed by atoms with Crippen molar-refractivity contribution >= 4 is 36.1 Å². The molecule has 0 saturated heterocycles. The molecule has 1 aliphatic rings. The minimum atomic E-state index is -4.47. The minimum absolute atomic E-state index is 0.108. The Morgan fingerprint density at radius 1 is 1.03 bits per heavy atom. The first-order valence-corrected chi connectivity index (χ1v) is 12.7. The van der Waals surface area contributed by atoms with Crippen LogP contribution in [0.3, 0.4) is 0 Å². The number of halogens is 1. The predicted molar refractivity (Wildman–Crippen MR) is 123 cm³/mol. The summed E-state index contributed by atoms with van der Waals surface area (Å²) in [7, 11) is -4.47. The van der Waals surface area contributed by atoms with Gasteiger partial charge in [0.1, 0.15) is 6.10 Å². The van der Waals surface area contributed by atoms with E-state index < -0.39 is 76.1 Å². The first-order chi connectivity index (χ1) is 16.9. The summed E-state index contributed by atoms with van der Waals surface area (Å²) in [6.07, 6.45) is -0.574. The number of carbonyl (C=O) groups is 2. The molecule has 202 valence electrons. The molecule has 1 N–H and O–H groups in total. The zero-order valence-corrected chi connectivity index (χ0v) is 22.2. The molecular weight excluding hydrogens is 575 g/mol. The van der Waals surface area contributed by atoms with Gasteiger partial charge in [-0.25, -0.2) is 28.0 Å². The van der Waals surface area contributed by atoms with E-state index in [1.165, 1.54) is 18.3 Å². The van der Waals surface area contributed by atoms with Crippen LogP contribution in [0.15, 0.2) is 32.4 Å². The van der Waals surface area contributed by atoms with E-state index in [1.807, 2.05) is 0 Å². The molecule has 0 aromatic carbocycles. The molecule has 0 spiro atoms. The molecule has 0 saturated carbocycles. The third-order valence-corrected chi connectivity index (χ3v) is 5.71. The number of nitrogens with zero attached hydrogens (tertiary/aromatic N) is 1. The first-order valence-electron chi connectivity index (χ1n) is 10.4. The summed E-state index contributed by atoms with van der Waals surface area (Å²) < 4.78 is 53.7. The molecule has 17 heteroatoms. The average Bonchev–Trinajstić information content (AvgIpc) is 3.23. The fourth-order valence-electron chi connectivity index (χ4n) is 2.40. The van der Waals surface area contributed by atoms with E-state index in [9.17, 15) is 23.7 Å². The largest absolute Gasteiger partial charge is 0.510 e. The molecule has 1 aliphatic heterocycles. The van der Waals surface area contributed by atoms with E-state index in [0.717, 1.165) is 4.57 Å². The number of aromatic amines is 1. The summed E-state index contributed by atoms with van der Waals surface area (Å²) in [5.74, 6) is 0. The highest BCUT2D eigenvalue weighted by Crippen LogP contribution is 2.49. The number of carbonyl (C=O) groups excluding carboxylic acids is 2. The summed E-state index contributed by atoms with van der Waals surface area (Å²) in [5, 5.41) is 0. The summed E-state index contributed by atoms with van der Waals surface area (Å²) in [6, 6.07) is 0. The van der Waals surface area contributed by atoms with Gasteiger partial charge >= 0.3 is 25.8 Å². The Balaban J connectivity index is 1.96. The fraction of sp³-hybridized carbons (Fsp3) is 0.579. The molecule has 36 heavy (non-hydrogen) atoms. The number of phosphoric acid groups is 1. The van der Waals surface area contributed by atoms with Gasteiger partial charge in [-0.15, -0.1) is 0 Å². The van der Waals surface area contributed by atoms with Crippen LogP contribution in [0.1, 0.15) is 33.9 Å². The molecule has 2 atom stereocenters. The number of aromatic nitrogens is 2. The second kappa shape index (κ2) is 13.7.